The number of nitrogens with one attached hydrogen (secondary N) is 1. The first-order chi connectivity index (χ1) is 9.49. The molecule has 1 saturated heterocycles. The lowest BCUT2D eigenvalue weighted by atomic mass is 10.2. The first-order valence-corrected chi connectivity index (χ1v) is 8.04. The van der Waals surface area contributed by atoms with Gasteiger partial charge in [0.2, 0.25) is 0 Å². The monoisotopic (exact) mass is 298 g/mol. The zero-order valence-electron chi connectivity index (χ0n) is 11.1. The van der Waals surface area contributed by atoms with Crippen molar-refractivity contribution in [3.05, 3.63) is 29.8 Å². The minimum Gasteiger partial charge on any atom is -0.478 e. The molecule has 0 aromatic heterocycles. The smallest absolute Gasteiger partial charge is 0.335 e. The van der Waals surface area contributed by atoms with Crippen LogP contribution in [0.2, 0.25) is 0 Å². The standard InChI is InChI=1S/C13H18N2O4S/c16-13(17)11-5-7-12(8-6-11)14-20(18,19)15-9-3-1-2-4-10-15/h5-8,14H,1-4,9-10H2,(H,16,17). The summed E-state index contributed by atoms with van der Waals surface area (Å²) in [6, 6.07) is 5.67. The van der Waals surface area contributed by atoms with Gasteiger partial charge in [-0.2, -0.15) is 12.7 Å². The number of anilines is 1. The first-order valence-electron chi connectivity index (χ1n) is 6.60. The predicted molar refractivity (Wildman–Crippen MR) is 76.0 cm³/mol. The van der Waals surface area contributed by atoms with Crippen molar-refractivity contribution in [2.24, 2.45) is 0 Å². The molecule has 0 aliphatic carbocycles. The third-order valence-corrected chi connectivity index (χ3v) is 4.82. The summed E-state index contributed by atoms with van der Waals surface area (Å²) in [4.78, 5) is 10.7. The van der Waals surface area contributed by atoms with E-state index in [2.05, 4.69) is 4.72 Å². The van der Waals surface area contributed by atoms with Gasteiger partial charge in [-0.25, -0.2) is 4.79 Å². The molecule has 110 valence electrons. The van der Waals surface area contributed by atoms with Crippen molar-refractivity contribution in [3.8, 4) is 0 Å². The van der Waals surface area contributed by atoms with Crippen LogP contribution in [-0.4, -0.2) is 36.9 Å². The van der Waals surface area contributed by atoms with Crippen LogP contribution in [0.4, 0.5) is 5.69 Å². The molecule has 1 heterocycles. The number of hydrogen-bond donors (Lipinski definition) is 2. The number of carboxylic acids is 1. The van der Waals surface area contributed by atoms with E-state index < -0.39 is 16.2 Å². The van der Waals surface area contributed by atoms with E-state index in [-0.39, 0.29) is 5.56 Å². The summed E-state index contributed by atoms with van der Waals surface area (Å²) in [5.74, 6) is -1.04. The topological polar surface area (TPSA) is 86.7 Å². The quantitative estimate of drug-likeness (QED) is 0.889. The number of aromatic carboxylic acids is 1. The lowest BCUT2D eigenvalue weighted by Crippen LogP contribution is -2.36. The van der Waals surface area contributed by atoms with Gasteiger partial charge in [0.15, 0.2) is 0 Å². The maximum Gasteiger partial charge on any atom is 0.335 e. The Morgan fingerprint density at radius 1 is 1.05 bits per heavy atom. The van der Waals surface area contributed by atoms with Crippen LogP contribution >= 0.6 is 0 Å². The summed E-state index contributed by atoms with van der Waals surface area (Å²) >= 11 is 0. The highest BCUT2D eigenvalue weighted by Crippen LogP contribution is 2.17. The Kier molecular flexibility index (Phi) is 4.61. The van der Waals surface area contributed by atoms with Gasteiger partial charge < -0.3 is 5.11 Å². The lowest BCUT2D eigenvalue weighted by Gasteiger charge is -2.20. The molecule has 2 N–H and O–H groups in total. The summed E-state index contributed by atoms with van der Waals surface area (Å²) in [6.45, 7) is 1.06. The van der Waals surface area contributed by atoms with E-state index in [1.807, 2.05) is 0 Å². The largest absolute Gasteiger partial charge is 0.478 e. The molecule has 1 aromatic carbocycles. The summed E-state index contributed by atoms with van der Waals surface area (Å²) in [7, 11) is -3.56. The first kappa shape index (κ1) is 14.8. The van der Waals surface area contributed by atoms with E-state index in [1.165, 1.54) is 28.6 Å². The number of nitrogens with zero attached hydrogens (tertiary/aromatic N) is 1. The summed E-state index contributed by atoms with van der Waals surface area (Å²) in [5, 5.41) is 8.80. The van der Waals surface area contributed by atoms with Crippen LogP contribution in [0, 0.1) is 0 Å². The van der Waals surface area contributed by atoms with Gasteiger partial charge in [0.05, 0.1) is 5.56 Å². The zero-order chi connectivity index (χ0) is 14.6. The molecule has 0 atom stereocenters. The molecule has 7 heteroatoms. The van der Waals surface area contributed by atoms with Crippen LogP contribution in [0.15, 0.2) is 24.3 Å². The highest BCUT2D eigenvalue weighted by Gasteiger charge is 2.22. The average Bonchev–Trinajstić information content (AvgIpc) is 2.68. The third kappa shape index (κ3) is 3.71. The summed E-state index contributed by atoms with van der Waals surface area (Å²) in [5.41, 5.74) is 0.502. The Morgan fingerprint density at radius 3 is 2.10 bits per heavy atom. The molecule has 0 unspecified atom stereocenters. The van der Waals surface area contributed by atoms with Crippen molar-refractivity contribution in [2.75, 3.05) is 17.8 Å². The SMILES string of the molecule is O=C(O)c1ccc(NS(=O)(=O)N2CCCCCC2)cc1. The molecule has 0 saturated carbocycles. The second-order valence-electron chi connectivity index (χ2n) is 4.80. The van der Waals surface area contributed by atoms with Gasteiger partial charge in [-0.1, -0.05) is 12.8 Å². The number of benzene rings is 1. The number of carboxylic acid groups (broad SMARTS) is 1. The van der Waals surface area contributed by atoms with Gasteiger partial charge in [-0.15, -0.1) is 0 Å². The zero-order valence-corrected chi connectivity index (χ0v) is 11.9. The van der Waals surface area contributed by atoms with E-state index in [0.717, 1.165) is 25.7 Å². The van der Waals surface area contributed by atoms with Crippen LogP contribution < -0.4 is 4.72 Å². The van der Waals surface area contributed by atoms with Crippen molar-refractivity contribution in [2.45, 2.75) is 25.7 Å². The number of hydrogen-bond acceptors (Lipinski definition) is 3. The Morgan fingerprint density at radius 2 is 1.60 bits per heavy atom. The molecule has 2 rings (SSSR count). The van der Waals surface area contributed by atoms with Gasteiger partial charge in [0.25, 0.3) is 0 Å². The lowest BCUT2D eigenvalue weighted by molar-refractivity contribution is 0.0697. The van der Waals surface area contributed by atoms with Gasteiger partial charge in [-0.05, 0) is 37.1 Å². The molecule has 1 aliphatic rings. The average molecular weight is 298 g/mol. The molecular weight excluding hydrogens is 280 g/mol. The Hall–Kier alpha value is -1.60. The second kappa shape index (κ2) is 6.23. The van der Waals surface area contributed by atoms with Crippen molar-refractivity contribution in [1.82, 2.24) is 4.31 Å². The maximum absolute atomic E-state index is 12.2. The summed E-state index contributed by atoms with van der Waals surface area (Å²) in [6.07, 6.45) is 3.86. The van der Waals surface area contributed by atoms with Gasteiger partial charge in [0.1, 0.15) is 0 Å². The molecule has 1 aliphatic heterocycles. The van der Waals surface area contributed by atoms with Gasteiger partial charge in [0, 0.05) is 18.8 Å². The van der Waals surface area contributed by atoms with Crippen LogP contribution in [0.3, 0.4) is 0 Å². The molecule has 20 heavy (non-hydrogen) atoms. The van der Waals surface area contributed by atoms with Crippen LogP contribution in [-0.2, 0) is 10.2 Å². The molecule has 0 spiro atoms. The van der Waals surface area contributed by atoms with E-state index >= 15 is 0 Å². The van der Waals surface area contributed by atoms with E-state index in [1.54, 1.807) is 0 Å². The number of carbonyl (C=O) groups is 1. The molecular formula is C13H18N2O4S. The summed E-state index contributed by atoms with van der Waals surface area (Å²) < 4.78 is 28.4. The van der Waals surface area contributed by atoms with Crippen molar-refractivity contribution >= 4 is 21.9 Å². The van der Waals surface area contributed by atoms with Crippen LogP contribution in [0.5, 0.6) is 0 Å². The van der Waals surface area contributed by atoms with E-state index in [9.17, 15) is 13.2 Å². The highest BCUT2D eigenvalue weighted by atomic mass is 32.2. The molecule has 1 aromatic rings. The fraction of sp³-hybridized carbons (Fsp3) is 0.462. The second-order valence-corrected chi connectivity index (χ2v) is 6.47. The fourth-order valence-corrected chi connectivity index (χ4v) is 3.48. The van der Waals surface area contributed by atoms with Crippen LogP contribution in [0.1, 0.15) is 36.0 Å². The Balaban J connectivity index is 2.08. The van der Waals surface area contributed by atoms with E-state index in [0.29, 0.717) is 18.8 Å². The van der Waals surface area contributed by atoms with Crippen molar-refractivity contribution < 1.29 is 18.3 Å². The van der Waals surface area contributed by atoms with E-state index in [4.69, 9.17) is 5.11 Å². The van der Waals surface area contributed by atoms with Gasteiger partial charge >= 0.3 is 16.2 Å². The van der Waals surface area contributed by atoms with Crippen molar-refractivity contribution in [1.29, 1.82) is 0 Å². The van der Waals surface area contributed by atoms with Gasteiger partial charge in [-0.3, -0.25) is 4.72 Å². The molecule has 0 bridgehead atoms. The number of rotatable bonds is 4. The Bertz CT molecular complexity index is 561. The predicted octanol–water partition coefficient (Wildman–Crippen LogP) is 1.92. The molecule has 1 fully saturated rings. The van der Waals surface area contributed by atoms with Crippen molar-refractivity contribution in [3.63, 3.8) is 0 Å². The fourth-order valence-electron chi connectivity index (χ4n) is 2.18. The normalized spacial score (nSPS) is 17.4. The highest BCUT2D eigenvalue weighted by molar-refractivity contribution is 7.90. The minimum absolute atomic E-state index is 0.128. The molecule has 0 radical (unpaired) electrons. The third-order valence-electron chi connectivity index (χ3n) is 3.28. The minimum atomic E-state index is -3.56. The Labute approximate surface area is 118 Å². The molecule has 6 nitrogen and oxygen atoms in total. The maximum atomic E-state index is 12.2. The van der Waals surface area contributed by atoms with Crippen LogP contribution in [0.25, 0.3) is 0 Å². The molecule has 0 amide bonds.